The summed E-state index contributed by atoms with van der Waals surface area (Å²) in [6.45, 7) is 1.98. The Hall–Kier alpha value is -1.06. The number of ether oxygens (including phenoxy) is 1. The first kappa shape index (κ1) is 15.0. The minimum Gasteiger partial charge on any atom is -0.462 e. The first-order valence-electron chi connectivity index (χ1n) is 5.59. The molecule has 0 heterocycles. The van der Waals surface area contributed by atoms with Gasteiger partial charge in [0.2, 0.25) is 0 Å². The first-order chi connectivity index (χ1) is 8.63. The van der Waals surface area contributed by atoms with Crippen LogP contribution < -0.4 is 0 Å². The van der Waals surface area contributed by atoms with Crippen LogP contribution in [0.4, 0.5) is 0 Å². The third-order valence-electron chi connectivity index (χ3n) is 2.36. The molecule has 0 spiro atoms. The highest BCUT2D eigenvalue weighted by Crippen LogP contribution is 2.17. The predicted octanol–water partition coefficient (Wildman–Crippen LogP) is 3.41. The fourth-order valence-electron chi connectivity index (χ4n) is 1.51. The van der Waals surface area contributed by atoms with Gasteiger partial charge in [-0.1, -0.05) is 6.07 Å². The largest absolute Gasteiger partial charge is 0.462 e. The van der Waals surface area contributed by atoms with Crippen LogP contribution in [0.5, 0.6) is 0 Å². The summed E-state index contributed by atoms with van der Waals surface area (Å²) in [6, 6.07) is 4.89. The number of ketones is 1. The SMILES string of the molecule is CCOC(=O)c1ccc(CCl)cc1C(=O)CCCl. The number of rotatable bonds is 6. The van der Waals surface area contributed by atoms with Crippen molar-refractivity contribution in [1.29, 1.82) is 0 Å². The maximum atomic E-state index is 11.9. The Bertz CT molecular complexity index is 444. The fraction of sp³-hybridized carbons (Fsp3) is 0.385. The van der Waals surface area contributed by atoms with E-state index in [0.717, 1.165) is 5.56 Å². The molecule has 0 radical (unpaired) electrons. The molecule has 0 fully saturated rings. The average molecular weight is 289 g/mol. The van der Waals surface area contributed by atoms with E-state index in [4.69, 9.17) is 27.9 Å². The van der Waals surface area contributed by atoms with E-state index in [1.165, 1.54) is 0 Å². The number of benzene rings is 1. The van der Waals surface area contributed by atoms with Gasteiger partial charge < -0.3 is 4.74 Å². The zero-order valence-electron chi connectivity index (χ0n) is 10.0. The van der Waals surface area contributed by atoms with E-state index in [-0.39, 0.29) is 36.1 Å². The van der Waals surface area contributed by atoms with Gasteiger partial charge in [0.25, 0.3) is 0 Å². The van der Waals surface area contributed by atoms with Crippen molar-refractivity contribution in [2.45, 2.75) is 19.2 Å². The van der Waals surface area contributed by atoms with Crippen LogP contribution in [0.15, 0.2) is 18.2 Å². The van der Waals surface area contributed by atoms with Crippen molar-refractivity contribution >= 4 is 35.0 Å². The zero-order chi connectivity index (χ0) is 13.5. The van der Waals surface area contributed by atoms with Crippen LogP contribution in [-0.4, -0.2) is 24.2 Å². The van der Waals surface area contributed by atoms with Crippen molar-refractivity contribution in [2.24, 2.45) is 0 Å². The molecule has 3 nitrogen and oxygen atoms in total. The van der Waals surface area contributed by atoms with Crippen LogP contribution in [0, 0.1) is 0 Å². The smallest absolute Gasteiger partial charge is 0.338 e. The lowest BCUT2D eigenvalue weighted by molar-refractivity contribution is 0.0523. The van der Waals surface area contributed by atoms with Crippen LogP contribution >= 0.6 is 23.2 Å². The van der Waals surface area contributed by atoms with E-state index in [1.807, 2.05) is 0 Å². The van der Waals surface area contributed by atoms with Crippen LogP contribution in [0.2, 0.25) is 0 Å². The Balaban J connectivity index is 3.15. The first-order valence-corrected chi connectivity index (χ1v) is 6.66. The molecule has 1 aromatic rings. The van der Waals surface area contributed by atoms with Crippen LogP contribution in [0.3, 0.4) is 0 Å². The Kier molecular flexibility index (Phi) is 6.16. The number of carbonyl (C=O) groups is 2. The average Bonchev–Trinajstić information content (AvgIpc) is 2.38. The second-order valence-corrected chi connectivity index (χ2v) is 4.24. The molecule has 0 bridgehead atoms. The molecule has 0 unspecified atom stereocenters. The molecule has 0 saturated heterocycles. The lowest BCUT2D eigenvalue weighted by Crippen LogP contribution is -2.12. The highest BCUT2D eigenvalue weighted by atomic mass is 35.5. The summed E-state index contributed by atoms with van der Waals surface area (Å²) in [6.07, 6.45) is 0.180. The van der Waals surface area contributed by atoms with Gasteiger partial charge >= 0.3 is 5.97 Å². The van der Waals surface area contributed by atoms with Crippen molar-refractivity contribution in [2.75, 3.05) is 12.5 Å². The van der Waals surface area contributed by atoms with Gasteiger partial charge in [-0.3, -0.25) is 4.79 Å². The number of Topliss-reactive ketones (excluding diaryl/α,β-unsaturated/α-hetero) is 1. The number of esters is 1. The van der Waals surface area contributed by atoms with E-state index >= 15 is 0 Å². The molecule has 0 aliphatic heterocycles. The van der Waals surface area contributed by atoms with Crippen LogP contribution in [0.25, 0.3) is 0 Å². The van der Waals surface area contributed by atoms with Gasteiger partial charge in [-0.2, -0.15) is 0 Å². The second kappa shape index (κ2) is 7.39. The minimum absolute atomic E-state index is 0.180. The molecule has 98 valence electrons. The summed E-state index contributed by atoms with van der Waals surface area (Å²) < 4.78 is 4.91. The molecule has 0 N–H and O–H groups in total. The highest BCUT2D eigenvalue weighted by molar-refractivity contribution is 6.20. The number of alkyl halides is 2. The van der Waals surface area contributed by atoms with Gasteiger partial charge in [-0.15, -0.1) is 23.2 Å². The third-order valence-corrected chi connectivity index (χ3v) is 2.85. The van der Waals surface area contributed by atoms with Gasteiger partial charge in [-0.05, 0) is 24.6 Å². The molecule has 0 aliphatic rings. The topological polar surface area (TPSA) is 43.4 Å². The molecule has 1 rings (SSSR count). The zero-order valence-corrected chi connectivity index (χ0v) is 11.6. The van der Waals surface area contributed by atoms with E-state index in [0.29, 0.717) is 5.56 Å². The Labute approximate surface area is 116 Å². The number of carbonyl (C=O) groups excluding carboxylic acids is 2. The van der Waals surface area contributed by atoms with E-state index in [1.54, 1.807) is 25.1 Å². The molecule has 1 aromatic carbocycles. The van der Waals surface area contributed by atoms with E-state index in [2.05, 4.69) is 0 Å². The van der Waals surface area contributed by atoms with Crippen molar-refractivity contribution in [3.8, 4) is 0 Å². The number of hydrogen-bond donors (Lipinski definition) is 0. The summed E-state index contributed by atoms with van der Waals surface area (Å²) in [7, 11) is 0. The van der Waals surface area contributed by atoms with Gasteiger partial charge in [0.15, 0.2) is 5.78 Å². The van der Waals surface area contributed by atoms with Crippen LogP contribution in [0.1, 0.15) is 39.6 Å². The molecular formula is C13H14Cl2O3. The third kappa shape index (κ3) is 3.72. The predicted molar refractivity (Wildman–Crippen MR) is 71.6 cm³/mol. The van der Waals surface area contributed by atoms with Gasteiger partial charge in [0.1, 0.15) is 0 Å². The Morgan fingerprint density at radius 2 is 1.94 bits per heavy atom. The lowest BCUT2D eigenvalue weighted by Gasteiger charge is -2.09. The molecule has 0 aliphatic carbocycles. The van der Waals surface area contributed by atoms with Crippen molar-refractivity contribution in [3.05, 3.63) is 34.9 Å². The van der Waals surface area contributed by atoms with Crippen molar-refractivity contribution < 1.29 is 14.3 Å². The van der Waals surface area contributed by atoms with Gasteiger partial charge in [-0.25, -0.2) is 4.79 Å². The molecule has 0 atom stereocenters. The summed E-state index contributed by atoms with van der Waals surface area (Å²) >= 11 is 11.3. The van der Waals surface area contributed by atoms with Crippen LogP contribution in [-0.2, 0) is 10.6 Å². The Morgan fingerprint density at radius 3 is 2.50 bits per heavy atom. The fourth-order valence-corrected chi connectivity index (χ4v) is 1.85. The highest BCUT2D eigenvalue weighted by Gasteiger charge is 2.18. The maximum absolute atomic E-state index is 11.9. The Morgan fingerprint density at radius 1 is 1.22 bits per heavy atom. The molecule has 5 heteroatoms. The van der Waals surface area contributed by atoms with E-state index < -0.39 is 5.97 Å². The monoisotopic (exact) mass is 288 g/mol. The summed E-state index contributed by atoms with van der Waals surface area (Å²) in [5, 5.41) is 0. The standard InChI is InChI=1S/C13H14Cl2O3/c1-2-18-13(17)10-4-3-9(8-15)7-11(10)12(16)5-6-14/h3-4,7H,2,5-6,8H2,1H3. The second-order valence-electron chi connectivity index (χ2n) is 3.60. The summed E-state index contributed by atoms with van der Waals surface area (Å²) in [5.74, 6) is -0.187. The van der Waals surface area contributed by atoms with Gasteiger partial charge in [0, 0.05) is 23.7 Å². The molecule has 18 heavy (non-hydrogen) atoms. The van der Waals surface area contributed by atoms with E-state index in [9.17, 15) is 9.59 Å². The van der Waals surface area contributed by atoms with Gasteiger partial charge in [0.05, 0.1) is 12.2 Å². The number of hydrogen-bond acceptors (Lipinski definition) is 3. The van der Waals surface area contributed by atoms with Crippen molar-refractivity contribution in [1.82, 2.24) is 0 Å². The normalized spacial score (nSPS) is 10.2. The summed E-state index contributed by atoms with van der Waals surface area (Å²) in [5.41, 5.74) is 1.37. The molecular weight excluding hydrogens is 275 g/mol. The van der Waals surface area contributed by atoms with Crippen molar-refractivity contribution in [3.63, 3.8) is 0 Å². The molecule has 0 saturated carbocycles. The molecule has 0 aromatic heterocycles. The summed E-state index contributed by atoms with van der Waals surface area (Å²) in [4.78, 5) is 23.6. The lowest BCUT2D eigenvalue weighted by atomic mass is 9.99. The maximum Gasteiger partial charge on any atom is 0.338 e. The minimum atomic E-state index is -0.503. The number of halogens is 2. The quantitative estimate of drug-likeness (QED) is 0.458. The molecule has 0 amide bonds.